The number of nitrogens with zero attached hydrogens (tertiary/aromatic N) is 1. The van der Waals surface area contributed by atoms with E-state index in [4.69, 9.17) is 23.2 Å². The van der Waals surface area contributed by atoms with Gasteiger partial charge in [-0.1, -0.05) is 48.2 Å². The number of hydrogen-bond donors (Lipinski definition) is 1. The lowest BCUT2D eigenvalue weighted by molar-refractivity contribution is -0.111. The van der Waals surface area contributed by atoms with Crippen LogP contribution in [-0.4, -0.2) is 30.4 Å². The highest BCUT2D eigenvalue weighted by Crippen LogP contribution is 2.25. The van der Waals surface area contributed by atoms with Crippen molar-refractivity contribution in [3.63, 3.8) is 0 Å². The second-order valence-electron chi connectivity index (χ2n) is 7.82. The van der Waals surface area contributed by atoms with E-state index in [1.54, 1.807) is 12.1 Å². The van der Waals surface area contributed by atoms with Crippen molar-refractivity contribution >= 4 is 34.8 Å². The van der Waals surface area contributed by atoms with Gasteiger partial charge in [0.25, 0.3) is 6.43 Å². The third-order valence-corrected chi connectivity index (χ3v) is 6.10. The van der Waals surface area contributed by atoms with Crippen LogP contribution in [0.3, 0.4) is 0 Å². The van der Waals surface area contributed by atoms with Gasteiger partial charge in [-0.2, -0.15) is 0 Å². The topological polar surface area (TPSA) is 32.3 Å². The standard InChI is InChI=1S/C24H24Cl2F2N2O/c1-16-8-11-30(12-9-16)13-10-18-4-6-20(15-22(18)26)29-23(31)7-5-17-2-3-19(24(27)28)14-21(17)25/h2-4,6,14-16,24H,8-13H2,1H3,(H,29,31). The highest BCUT2D eigenvalue weighted by molar-refractivity contribution is 6.32. The van der Waals surface area contributed by atoms with Crippen molar-refractivity contribution in [3.05, 3.63) is 63.1 Å². The number of amides is 1. The Labute approximate surface area is 191 Å². The molecule has 0 unspecified atom stereocenters. The van der Waals surface area contributed by atoms with Gasteiger partial charge in [0.1, 0.15) is 0 Å². The molecule has 7 heteroatoms. The maximum absolute atomic E-state index is 12.7. The number of halogens is 4. The van der Waals surface area contributed by atoms with Gasteiger partial charge >= 0.3 is 5.91 Å². The van der Waals surface area contributed by atoms with Crippen LogP contribution in [0.5, 0.6) is 0 Å². The molecular weight excluding hydrogens is 441 g/mol. The summed E-state index contributed by atoms with van der Waals surface area (Å²) in [5.41, 5.74) is 1.69. The summed E-state index contributed by atoms with van der Waals surface area (Å²) < 4.78 is 25.4. The fourth-order valence-corrected chi connectivity index (χ4v) is 3.96. The fourth-order valence-electron chi connectivity index (χ4n) is 3.45. The van der Waals surface area contributed by atoms with Gasteiger partial charge in [-0.15, -0.1) is 0 Å². The zero-order valence-electron chi connectivity index (χ0n) is 17.2. The molecule has 0 spiro atoms. The Morgan fingerprint density at radius 1 is 1.16 bits per heavy atom. The van der Waals surface area contributed by atoms with Gasteiger partial charge < -0.3 is 10.2 Å². The van der Waals surface area contributed by atoms with Gasteiger partial charge in [0.2, 0.25) is 0 Å². The zero-order chi connectivity index (χ0) is 22.4. The van der Waals surface area contributed by atoms with Crippen molar-refractivity contribution in [3.8, 4) is 11.8 Å². The third-order valence-electron chi connectivity index (χ3n) is 5.44. The Kier molecular flexibility index (Phi) is 8.31. The summed E-state index contributed by atoms with van der Waals surface area (Å²) in [7, 11) is 0. The van der Waals surface area contributed by atoms with Crippen LogP contribution in [0.4, 0.5) is 14.5 Å². The summed E-state index contributed by atoms with van der Waals surface area (Å²) in [6, 6.07) is 9.18. The summed E-state index contributed by atoms with van der Waals surface area (Å²) in [5.74, 6) is 5.29. The number of carbonyl (C=O) groups is 1. The molecule has 3 rings (SSSR count). The Balaban J connectivity index is 1.56. The number of rotatable bonds is 5. The quantitative estimate of drug-likeness (QED) is 0.534. The molecule has 0 aliphatic carbocycles. The Morgan fingerprint density at radius 2 is 1.90 bits per heavy atom. The van der Waals surface area contributed by atoms with Crippen molar-refractivity contribution in [1.82, 2.24) is 4.90 Å². The van der Waals surface area contributed by atoms with Crippen molar-refractivity contribution in [2.75, 3.05) is 25.0 Å². The van der Waals surface area contributed by atoms with E-state index in [0.717, 1.165) is 43.6 Å². The SMILES string of the molecule is CC1CCN(CCc2ccc(NC(=O)C#Cc3ccc(C(F)F)cc3Cl)cc2Cl)CC1. The van der Waals surface area contributed by atoms with Crippen LogP contribution in [0, 0.1) is 17.8 Å². The van der Waals surface area contributed by atoms with Crippen LogP contribution in [0.1, 0.15) is 42.9 Å². The molecule has 0 saturated carbocycles. The molecule has 3 nitrogen and oxygen atoms in total. The number of likely N-dealkylation sites (tertiary alicyclic amines) is 1. The first-order valence-corrected chi connectivity index (χ1v) is 11.0. The molecule has 31 heavy (non-hydrogen) atoms. The predicted octanol–water partition coefficient (Wildman–Crippen LogP) is 6.20. The highest BCUT2D eigenvalue weighted by atomic mass is 35.5. The molecule has 2 aromatic rings. The lowest BCUT2D eigenvalue weighted by atomic mass is 9.99. The van der Waals surface area contributed by atoms with Gasteiger partial charge in [-0.25, -0.2) is 8.78 Å². The summed E-state index contributed by atoms with van der Waals surface area (Å²) >= 11 is 12.4. The number of hydrogen-bond acceptors (Lipinski definition) is 2. The van der Waals surface area contributed by atoms with Crippen LogP contribution in [0.15, 0.2) is 36.4 Å². The monoisotopic (exact) mass is 464 g/mol. The molecule has 1 saturated heterocycles. The van der Waals surface area contributed by atoms with Gasteiger partial charge in [0.05, 0.1) is 5.02 Å². The van der Waals surface area contributed by atoms with Crippen molar-refractivity contribution in [2.24, 2.45) is 5.92 Å². The maximum atomic E-state index is 12.7. The van der Waals surface area contributed by atoms with E-state index in [1.165, 1.54) is 25.0 Å². The number of alkyl halides is 2. The van der Waals surface area contributed by atoms with Gasteiger partial charge in [-0.05, 0) is 68.1 Å². The number of benzene rings is 2. The first-order chi connectivity index (χ1) is 14.8. The normalized spacial score (nSPS) is 14.9. The van der Waals surface area contributed by atoms with E-state index >= 15 is 0 Å². The molecule has 0 radical (unpaired) electrons. The average molecular weight is 465 g/mol. The molecule has 1 aliphatic heterocycles. The molecule has 0 aromatic heterocycles. The Hall–Kier alpha value is -2.13. The molecule has 0 bridgehead atoms. The number of carbonyl (C=O) groups excluding carboxylic acids is 1. The summed E-state index contributed by atoms with van der Waals surface area (Å²) in [4.78, 5) is 14.6. The molecule has 1 amide bonds. The smallest absolute Gasteiger partial charge is 0.300 e. The minimum absolute atomic E-state index is 0.0775. The summed E-state index contributed by atoms with van der Waals surface area (Å²) in [5, 5.41) is 3.35. The number of nitrogens with one attached hydrogen (secondary N) is 1. The molecule has 1 N–H and O–H groups in total. The summed E-state index contributed by atoms with van der Waals surface area (Å²) in [6.45, 7) is 5.51. The largest absolute Gasteiger partial charge is 0.315 e. The lowest BCUT2D eigenvalue weighted by Crippen LogP contribution is -2.34. The first kappa shape index (κ1) is 23.5. The molecule has 164 valence electrons. The predicted molar refractivity (Wildman–Crippen MR) is 122 cm³/mol. The van der Waals surface area contributed by atoms with Gasteiger partial charge in [-0.3, -0.25) is 4.79 Å². The number of anilines is 1. The van der Waals surface area contributed by atoms with Crippen LogP contribution in [0.2, 0.25) is 10.0 Å². The molecule has 2 aromatic carbocycles. The Bertz CT molecular complexity index is 993. The first-order valence-electron chi connectivity index (χ1n) is 10.2. The van der Waals surface area contributed by atoms with E-state index in [2.05, 4.69) is 29.0 Å². The van der Waals surface area contributed by atoms with Crippen LogP contribution in [-0.2, 0) is 11.2 Å². The minimum atomic E-state index is -2.61. The third kappa shape index (κ3) is 6.93. The zero-order valence-corrected chi connectivity index (χ0v) is 18.7. The van der Waals surface area contributed by atoms with Gasteiger partial charge in [0.15, 0.2) is 0 Å². The average Bonchev–Trinajstić information content (AvgIpc) is 2.73. The van der Waals surface area contributed by atoms with Crippen molar-refractivity contribution < 1.29 is 13.6 Å². The Morgan fingerprint density at radius 3 is 2.55 bits per heavy atom. The summed E-state index contributed by atoms with van der Waals surface area (Å²) in [6.07, 6.45) is 0.718. The van der Waals surface area contributed by atoms with E-state index in [1.807, 2.05) is 6.07 Å². The van der Waals surface area contributed by atoms with Crippen molar-refractivity contribution in [1.29, 1.82) is 0 Å². The maximum Gasteiger partial charge on any atom is 0.300 e. The van der Waals surface area contributed by atoms with E-state index in [9.17, 15) is 13.6 Å². The number of piperidine rings is 1. The highest BCUT2D eigenvalue weighted by Gasteiger charge is 2.15. The van der Waals surface area contributed by atoms with Crippen molar-refractivity contribution in [2.45, 2.75) is 32.6 Å². The molecular formula is C24H24Cl2F2N2O. The molecule has 1 fully saturated rings. The molecule has 0 atom stereocenters. The second-order valence-corrected chi connectivity index (χ2v) is 8.64. The fraction of sp³-hybridized carbons (Fsp3) is 0.375. The lowest BCUT2D eigenvalue weighted by Gasteiger charge is -2.30. The second kappa shape index (κ2) is 10.9. The van der Waals surface area contributed by atoms with E-state index in [0.29, 0.717) is 16.3 Å². The minimum Gasteiger partial charge on any atom is -0.315 e. The van der Waals surface area contributed by atoms with Crippen LogP contribution >= 0.6 is 23.2 Å². The van der Waals surface area contributed by atoms with E-state index in [-0.39, 0.29) is 10.6 Å². The van der Waals surface area contributed by atoms with E-state index < -0.39 is 12.3 Å². The molecule has 1 aliphatic rings. The molecule has 1 heterocycles. The van der Waals surface area contributed by atoms with Crippen LogP contribution < -0.4 is 5.32 Å². The van der Waals surface area contributed by atoms with Gasteiger partial charge in [0, 0.05) is 34.3 Å². The van der Waals surface area contributed by atoms with Crippen LogP contribution in [0.25, 0.3) is 0 Å².